The smallest absolute Gasteiger partial charge is 0.338 e. The fraction of sp³-hybridized carbons (Fsp3) is 0.125. The molecule has 0 amide bonds. The molecule has 0 aliphatic carbocycles. The molecular formula is C16H14O4. The van der Waals surface area contributed by atoms with Crippen LogP contribution in [0.4, 0.5) is 0 Å². The maximum Gasteiger partial charge on any atom is 0.338 e. The highest BCUT2D eigenvalue weighted by molar-refractivity contribution is 5.92. The number of hydrogen-bond acceptors (Lipinski definition) is 3. The van der Waals surface area contributed by atoms with Crippen LogP contribution < -0.4 is 0 Å². The van der Waals surface area contributed by atoms with Crippen molar-refractivity contribution in [1.82, 2.24) is 0 Å². The van der Waals surface area contributed by atoms with Gasteiger partial charge in [-0.05, 0) is 36.8 Å². The molecule has 4 heteroatoms. The van der Waals surface area contributed by atoms with Gasteiger partial charge in [-0.3, -0.25) is 0 Å². The van der Waals surface area contributed by atoms with Crippen molar-refractivity contribution in [2.24, 2.45) is 0 Å². The van der Waals surface area contributed by atoms with Gasteiger partial charge in [-0.15, -0.1) is 0 Å². The second kappa shape index (κ2) is 6.02. The quantitative estimate of drug-likeness (QED) is 0.866. The van der Waals surface area contributed by atoms with Crippen LogP contribution in [-0.2, 0) is 4.74 Å². The molecule has 102 valence electrons. The van der Waals surface area contributed by atoms with E-state index in [1.165, 1.54) is 24.3 Å². The molecule has 0 unspecified atom stereocenters. The summed E-state index contributed by atoms with van der Waals surface area (Å²) >= 11 is 0. The summed E-state index contributed by atoms with van der Waals surface area (Å²) in [6, 6.07) is 15.1. The summed E-state index contributed by atoms with van der Waals surface area (Å²) in [5.74, 6) is -1.50. The van der Waals surface area contributed by atoms with Gasteiger partial charge in [0.05, 0.1) is 11.1 Å². The minimum Gasteiger partial charge on any atom is -0.478 e. The first-order valence-corrected chi connectivity index (χ1v) is 6.17. The van der Waals surface area contributed by atoms with Gasteiger partial charge >= 0.3 is 11.9 Å². The average Bonchev–Trinajstić information content (AvgIpc) is 2.48. The third-order valence-electron chi connectivity index (χ3n) is 2.92. The Morgan fingerprint density at radius 2 is 1.50 bits per heavy atom. The molecule has 2 aromatic rings. The zero-order chi connectivity index (χ0) is 14.5. The van der Waals surface area contributed by atoms with Gasteiger partial charge in [0.2, 0.25) is 0 Å². The molecule has 0 saturated carbocycles. The van der Waals surface area contributed by atoms with Gasteiger partial charge in [-0.25, -0.2) is 9.59 Å². The fourth-order valence-corrected chi connectivity index (χ4v) is 1.77. The molecule has 0 heterocycles. The molecular weight excluding hydrogens is 256 g/mol. The minimum atomic E-state index is -1.03. The summed E-state index contributed by atoms with van der Waals surface area (Å²) in [6.07, 6.45) is -0.358. The Balaban J connectivity index is 2.06. The second-order valence-electron chi connectivity index (χ2n) is 4.34. The van der Waals surface area contributed by atoms with Crippen LogP contribution >= 0.6 is 0 Å². The maximum atomic E-state index is 11.9. The first-order valence-electron chi connectivity index (χ1n) is 6.17. The van der Waals surface area contributed by atoms with E-state index in [1.54, 1.807) is 6.92 Å². The lowest BCUT2D eigenvalue weighted by Gasteiger charge is -2.13. The van der Waals surface area contributed by atoms with Crippen LogP contribution in [0.15, 0.2) is 54.6 Å². The molecule has 0 aromatic heterocycles. The molecule has 0 bridgehead atoms. The van der Waals surface area contributed by atoms with Gasteiger partial charge < -0.3 is 9.84 Å². The molecule has 0 fully saturated rings. The summed E-state index contributed by atoms with van der Waals surface area (Å²) in [4.78, 5) is 22.7. The molecule has 2 rings (SSSR count). The van der Waals surface area contributed by atoms with Crippen LogP contribution in [0.1, 0.15) is 39.3 Å². The first-order chi connectivity index (χ1) is 9.58. The summed E-state index contributed by atoms with van der Waals surface area (Å²) in [5.41, 5.74) is 1.37. The van der Waals surface area contributed by atoms with Gasteiger partial charge in [0.1, 0.15) is 6.10 Å². The Kier molecular flexibility index (Phi) is 4.15. The summed E-state index contributed by atoms with van der Waals surface area (Å²) in [5, 5.41) is 8.79. The molecule has 0 aliphatic rings. The average molecular weight is 270 g/mol. The van der Waals surface area contributed by atoms with Crippen LogP contribution in [0.3, 0.4) is 0 Å². The van der Waals surface area contributed by atoms with E-state index in [9.17, 15) is 9.59 Å². The summed E-state index contributed by atoms with van der Waals surface area (Å²) in [6.45, 7) is 1.79. The Morgan fingerprint density at radius 3 is 2.05 bits per heavy atom. The lowest BCUT2D eigenvalue weighted by atomic mass is 10.1. The fourth-order valence-electron chi connectivity index (χ4n) is 1.77. The van der Waals surface area contributed by atoms with E-state index in [1.807, 2.05) is 30.3 Å². The lowest BCUT2D eigenvalue weighted by molar-refractivity contribution is 0.0337. The monoisotopic (exact) mass is 270 g/mol. The van der Waals surface area contributed by atoms with Crippen molar-refractivity contribution in [3.05, 3.63) is 71.3 Å². The normalized spacial score (nSPS) is 11.7. The molecule has 0 saturated heterocycles. The largest absolute Gasteiger partial charge is 0.478 e. The van der Waals surface area contributed by atoms with Gasteiger partial charge in [0, 0.05) is 0 Å². The molecule has 0 radical (unpaired) electrons. The molecule has 1 atom stereocenters. The van der Waals surface area contributed by atoms with E-state index in [4.69, 9.17) is 9.84 Å². The SMILES string of the molecule is C[C@@H](OC(=O)c1ccc(C(=O)O)cc1)c1ccccc1. The lowest BCUT2D eigenvalue weighted by Crippen LogP contribution is -2.09. The molecule has 0 aliphatic heterocycles. The first kappa shape index (κ1) is 13.8. The Morgan fingerprint density at radius 1 is 0.950 bits per heavy atom. The minimum absolute atomic E-state index is 0.137. The predicted molar refractivity (Wildman–Crippen MR) is 73.7 cm³/mol. The van der Waals surface area contributed by atoms with Crippen LogP contribution in [0.5, 0.6) is 0 Å². The van der Waals surface area contributed by atoms with E-state index >= 15 is 0 Å². The maximum absolute atomic E-state index is 11.9. The number of carboxylic acid groups (broad SMARTS) is 1. The molecule has 20 heavy (non-hydrogen) atoms. The summed E-state index contributed by atoms with van der Waals surface area (Å²) < 4.78 is 5.34. The number of carboxylic acids is 1. The third-order valence-corrected chi connectivity index (χ3v) is 2.92. The van der Waals surface area contributed by atoms with Crippen molar-refractivity contribution in [2.45, 2.75) is 13.0 Å². The number of carbonyl (C=O) groups is 2. The topological polar surface area (TPSA) is 63.6 Å². The Labute approximate surface area is 116 Å². The highest BCUT2D eigenvalue weighted by Gasteiger charge is 2.14. The number of ether oxygens (including phenoxy) is 1. The van der Waals surface area contributed by atoms with E-state index in [2.05, 4.69) is 0 Å². The highest BCUT2D eigenvalue weighted by Crippen LogP contribution is 2.18. The Bertz CT molecular complexity index is 602. The van der Waals surface area contributed by atoms with E-state index < -0.39 is 11.9 Å². The number of carbonyl (C=O) groups excluding carboxylic acids is 1. The van der Waals surface area contributed by atoms with Crippen molar-refractivity contribution < 1.29 is 19.4 Å². The summed E-state index contributed by atoms with van der Waals surface area (Å²) in [7, 11) is 0. The van der Waals surface area contributed by atoms with Gasteiger partial charge in [-0.1, -0.05) is 30.3 Å². The van der Waals surface area contributed by atoms with Crippen molar-refractivity contribution in [3.8, 4) is 0 Å². The van der Waals surface area contributed by atoms with Crippen molar-refractivity contribution in [3.63, 3.8) is 0 Å². The number of aromatic carboxylic acids is 1. The number of benzene rings is 2. The molecule has 1 N–H and O–H groups in total. The van der Waals surface area contributed by atoms with Crippen LogP contribution in [-0.4, -0.2) is 17.0 Å². The van der Waals surface area contributed by atoms with Crippen molar-refractivity contribution >= 4 is 11.9 Å². The van der Waals surface area contributed by atoms with Crippen LogP contribution in [0.2, 0.25) is 0 Å². The predicted octanol–water partition coefficient (Wildman–Crippen LogP) is 3.30. The van der Waals surface area contributed by atoms with Crippen molar-refractivity contribution in [2.75, 3.05) is 0 Å². The van der Waals surface area contributed by atoms with E-state index in [-0.39, 0.29) is 11.7 Å². The highest BCUT2D eigenvalue weighted by atomic mass is 16.5. The van der Waals surface area contributed by atoms with E-state index in [0.29, 0.717) is 5.56 Å². The van der Waals surface area contributed by atoms with Gasteiger partial charge in [0.15, 0.2) is 0 Å². The third kappa shape index (κ3) is 3.23. The standard InChI is InChI=1S/C16H14O4/c1-11(12-5-3-2-4-6-12)20-16(19)14-9-7-13(8-10-14)15(17)18/h2-11H,1H3,(H,17,18)/t11-/m1/s1. The second-order valence-corrected chi connectivity index (χ2v) is 4.34. The number of rotatable bonds is 4. The van der Waals surface area contributed by atoms with Crippen LogP contribution in [0.25, 0.3) is 0 Å². The van der Waals surface area contributed by atoms with Gasteiger partial charge in [0.25, 0.3) is 0 Å². The molecule has 2 aromatic carbocycles. The molecule has 0 spiro atoms. The molecule has 4 nitrogen and oxygen atoms in total. The zero-order valence-electron chi connectivity index (χ0n) is 10.9. The number of esters is 1. The van der Waals surface area contributed by atoms with Gasteiger partial charge in [-0.2, -0.15) is 0 Å². The Hall–Kier alpha value is -2.62. The zero-order valence-corrected chi connectivity index (χ0v) is 10.9. The number of hydrogen-bond donors (Lipinski definition) is 1. The van der Waals surface area contributed by atoms with Crippen LogP contribution in [0, 0.1) is 0 Å². The van der Waals surface area contributed by atoms with Crippen molar-refractivity contribution in [1.29, 1.82) is 0 Å². The van der Waals surface area contributed by atoms with E-state index in [0.717, 1.165) is 5.56 Å².